The van der Waals surface area contributed by atoms with E-state index >= 15 is 0 Å². The summed E-state index contributed by atoms with van der Waals surface area (Å²) in [4.78, 5) is 24.9. The van der Waals surface area contributed by atoms with Crippen LogP contribution in [0.25, 0.3) is 5.70 Å². The number of hydrogen-bond donors (Lipinski definition) is 2. The molecule has 5 heteroatoms. The Bertz CT molecular complexity index is 972. The van der Waals surface area contributed by atoms with Gasteiger partial charge >= 0.3 is 0 Å². The van der Waals surface area contributed by atoms with E-state index in [0.717, 1.165) is 23.4 Å². The van der Waals surface area contributed by atoms with Crippen LogP contribution in [0.1, 0.15) is 45.7 Å². The molecule has 1 aliphatic rings. The molecule has 1 aliphatic heterocycles. The lowest BCUT2D eigenvalue weighted by Gasteiger charge is -2.35. The molecule has 0 fully saturated rings. The molecule has 1 amide bonds. The van der Waals surface area contributed by atoms with Crippen molar-refractivity contribution < 1.29 is 14.3 Å². The maximum absolute atomic E-state index is 12.9. The minimum atomic E-state index is -0.195. The first kappa shape index (κ1) is 20.4. The van der Waals surface area contributed by atoms with Gasteiger partial charge in [0.2, 0.25) is 0 Å². The molecule has 2 N–H and O–H groups in total. The number of ketones is 1. The van der Waals surface area contributed by atoms with Crippen LogP contribution in [0.5, 0.6) is 5.75 Å². The highest BCUT2D eigenvalue weighted by Gasteiger charge is 2.28. The van der Waals surface area contributed by atoms with Gasteiger partial charge in [-0.05, 0) is 50.1 Å². The molecule has 3 rings (SSSR count). The van der Waals surface area contributed by atoms with Crippen molar-refractivity contribution in [2.45, 2.75) is 25.8 Å². The van der Waals surface area contributed by atoms with E-state index in [4.69, 9.17) is 4.74 Å². The average Bonchev–Trinajstić information content (AvgIpc) is 2.71. The number of amides is 1. The lowest BCUT2D eigenvalue weighted by atomic mass is 9.85. The summed E-state index contributed by atoms with van der Waals surface area (Å²) in [5.41, 5.74) is 3.77. The third-order valence-corrected chi connectivity index (χ3v) is 4.83. The van der Waals surface area contributed by atoms with Gasteiger partial charge in [0, 0.05) is 40.5 Å². The summed E-state index contributed by atoms with van der Waals surface area (Å²) in [6.45, 7) is 8.19. The molecule has 5 nitrogen and oxygen atoms in total. The van der Waals surface area contributed by atoms with Crippen LogP contribution in [-0.2, 0) is 6.42 Å². The highest BCUT2D eigenvalue weighted by atomic mass is 16.5. The molecule has 29 heavy (non-hydrogen) atoms. The number of hydrogen-bond acceptors (Lipinski definition) is 4. The van der Waals surface area contributed by atoms with E-state index in [0.29, 0.717) is 17.7 Å². The molecule has 0 radical (unpaired) electrons. The van der Waals surface area contributed by atoms with E-state index < -0.39 is 0 Å². The van der Waals surface area contributed by atoms with Crippen LogP contribution >= 0.6 is 0 Å². The van der Waals surface area contributed by atoms with Crippen LogP contribution in [0, 0.1) is 0 Å². The number of nitrogens with one attached hydrogen (secondary N) is 2. The predicted octanol–water partition coefficient (Wildman–Crippen LogP) is 3.76. The van der Waals surface area contributed by atoms with Crippen LogP contribution in [0.3, 0.4) is 0 Å². The lowest BCUT2D eigenvalue weighted by Crippen LogP contribution is -2.43. The monoisotopic (exact) mass is 390 g/mol. The zero-order valence-electron chi connectivity index (χ0n) is 17.0. The van der Waals surface area contributed by atoms with Crippen LogP contribution < -0.4 is 15.4 Å². The van der Waals surface area contributed by atoms with Gasteiger partial charge in [-0.1, -0.05) is 24.3 Å². The first-order valence-corrected chi connectivity index (χ1v) is 9.53. The predicted molar refractivity (Wildman–Crippen MR) is 115 cm³/mol. The number of fused-ring (bicyclic) bond motifs is 1. The first-order valence-electron chi connectivity index (χ1n) is 9.53. The third kappa shape index (κ3) is 4.74. The van der Waals surface area contributed by atoms with Gasteiger partial charge in [-0.15, -0.1) is 6.58 Å². The maximum Gasteiger partial charge on any atom is 0.251 e. The number of rotatable bonds is 6. The fourth-order valence-electron chi connectivity index (χ4n) is 3.42. The Labute approximate surface area is 171 Å². The van der Waals surface area contributed by atoms with E-state index in [2.05, 4.69) is 31.1 Å². The summed E-state index contributed by atoms with van der Waals surface area (Å²) >= 11 is 0. The van der Waals surface area contributed by atoms with E-state index in [1.165, 1.54) is 5.56 Å². The number of benzene rings is 2. The van der Waals surface area contributed by atoms with E-state index in [1.807, 2.05) is 18.2 Å². The number of carbonyl (C=O) groups is 2. The Balaban J connectivity index is 1.88. The summed E-state index contributed by atoms with van der Waals surface area (Å²) in [5, 5.41) is 6.18. The van der Waals surface area contributed by atoms with Gasteiger partial charge < -0.3 is 15.4 Å². The summed E-state index contributed by atoms with van der Waals surface area (Å²) < 4.78 is 5.35. The van der Waals surface area contributed by atoms with Crippen LogP contribution in [-0.4, -0.2) is 30.9 Å². The zero-order valence-corrected chi connectivity index (χ0v) is 17.0. The summed E-state index contributed by atoms with van der Waals surface area (Å²) in [5.74, 6) is 0.425. The Morgan fingerprint density at radius 3 is 2.52 bits per heavy atom. The molecule has 0 saturated carbocycles. The summed E-state index contributed by atoms with van der Waals surface area (Å²) in [7, 11) is 1.63. The molecule has 0 spiro atoms. The van der Waals surface area contributed by atoms with Gasteiger partial charge in [-0.2, -0.15) is 0 Å². The van der Waals surface area contributed by atoms with E-state index in [9.17, 15) is 9.59 Å². The van der Waals surface area contributed by atoms with Crippen molar-refractivity contribution in [3.63, 3.8) is 0 Å². The average molecular weight is 390 g/mol. The second-order valence-electron chi connectivity index (χ2n) is 7.71. The van der Waals surface area contributed by atoms with Gasteiger partial charge in [-0.3, -0.25) is 9.59 Å². The van der Waals surface area contributed by atoms with E-state index in [-0.39, 0.29) is 17.2 Å². The Hall–Kier alpha value is -3.34. The minimum Gasteiger partial charge on any atom is -0.497 e. The Morgan fingerprint density at radius 2 is 1.86 bits per heavy atom. The zero-order chi connectivity index (χ0) is 21.0. The van der Waals surface area contributed by atoms with E-state index in [1.54, 1.807) is 43.5 Å². The second-order valence-corrected chi connectivity index (χ2v) is 7.71. The Kier molecular flexibility index (Phi) is 5.87. The molecular formula is C24H26N2O3. The highest BCUT2D eigenvalue weighted by Crippen LogP contribution is 2.32. The van der Waals surface area contributed by atoms with Gasteiger partial charge in [0.15, 0.2) is 5.78 Å². The normalized spacial score (nSPS) is 15.8. The summed E-state index contributed by atoms with van der Waals surface area (Å²) in [6.07, 6.45) is 4.09. The molecule has 0 bridgehead atoms. The summed E-state index contributed by atoms with van der Waals surface area (Å²) in [6, 6.07) is 12.6. The van der Waals surface area contributed by atoms with Gasteiger partial charge in [0.25, 0.3) is 5.91 Å². The molecular weight excluding hydrogens is 364 g/mol. The van der Waals surface area contributed by atoms with Crippen molar-refractivity contribution in [1.82, 2.24) is 10.6 Å². The fourth-order valence-corrected chi connectivity index (χ4v) is 3.42. The molecule has 0 unspecified atom stereocenters. The van der Waals surface area contributed by atoms with Gasteiger partial charge in [0.05, 0.1) is 7.11 Å². The van der Waals surface area contributed by atoms with Crippen LogP contribution in [0.4, 0.5) is 0 Å². The van der Waals surface area contributed by atoms with Crippen molar-refractivity contribution in [3.05, 3.63) is 83.4 Å². The Morgan fingerprint density at radius 1 is 1.17 bits per heavy atom. The van der Waals surface area contributed by atoms with Crippen molar-refractivity contribution in [1.29, 1.82) is 0 Å². The van der Waals surface area contributed by atoms with Gasteiger partial charge in [0.1, 0.15) is 5.75 Å². The molecule has 0 atom stereocenters. The van der Waals surface area contributed by atoms with Crippen molar-refractivity contribution in [2.24, 2.45) is 0 Å². The molecule has 2 aromatic rings. The second kappa shape index (κ2) is 8.35. The number of ether oxygens (including phenoxy) is 1. The first-order chi connectivity index (χ1) is 13.8. The van der Waals surface area contributed by atoms with Crippen LogP contribution in [0.2, 0.25) is 0 Å². The standard InChI is InChI=1S/C24H26N2O3/c1-5-12-25-23(28)17-8-6-16(7-9-17)22(27)14-21-20-13-19(29-4)11-10-18(20)15-24(2,3)26-21/h5-11,13-14,26H,1,12,15H2,2-4H3,(H,25,28)/b21-14-. The number of allylic oxidation sites excluding steroid dienone is 1. The molecule has 0 aromatic heterocycles. The van der Waals surface area contributed by atoms with Crippen molar-refractivity contribution in [2.75, 3.05) is 13.7 Å². The maximum atomic E-state index is 12.9. The molecule has 0 saturated heterocycles. The molecule has 2 aromatic carbocycles. The molecule has 0 aliphatic carbocycles. The number of methoxy groups -OCH3 is 1. The fraction of sp³-hybridized carbons (Fsp3) is 0.250. The van der Waals surface area contributed by atoms with Crippen molar-refractivity contribution in [3.8, 4) is 5.75 Å². The number of carbonyl (C=O) groups excluding carboxylic acids is 2. The molecule has 1 heterocycles. The topological polar surface area (TPSA) is 67.4 Å². The lowest BCUT2D eigenvalue weighted by molar-refractivity contribution is 0.0956. The quantitative estimate of drug-likeness (QED) is 0.448. The minimum absolute atomic E-state index is 0.128. The molecule has 150 valence electrons. The van der Waals surface area contributed by atoms with Crippen LogP contribution in [0.15, 0.2) is 61.2 Å². The SMILES string of the molecule is C=CCNC(=O)c1ccc(C(=O)/C=C2\NC(C)(C)Cc3ccc(OC)cc32)cc1. The largest absolute Gasteiger partial charge is 0.497 e. The van der Waals surface area contributed by atoms with Crippen molar-refractivity contribution >= 4 is 17.4 Å². The highest BCUT2D eigenvalue weighted by molar-refractivity contribution is 6.09. The smallest absolute Gasteiger partial charge is 0.251 e. The third-order valence-electron chi connectivity index (χ3n) is 4.83. The van der Waals surface area contributed by atoms with Gasteiger partial charge in [-0.25, -0.2) is 0 Å².